The van der Waals surface area contributed by atoms with E-state index in [1.807, 2.05) is 11.0 Å². The first-order chi connectivity index (χ1) is 18.7. The lowest BCUT2D eigenvalue weighted by Crippen LogP contribution is -2.48. The van der Waals surface area contributed by atoms with Crippen LogP contribution in [0.2, 0.25) is 5.28 Å². The van der Waals surface area contributed by atoms with Gasteiger partial charge in [-0.05, 0) is 23.6 Å². The molecular formula is C26H28ClN5O7. The van der Waals surface area contributed by atoms with Gasteiger partial charge < -0.3 is 34.8 Å². The van der Waals surface area contributed by atoms with Gasteiger partial charge in [-0.2, -0.15) is 9.97 Å². The number of terminal acetylenes is 1. The fraction of sp³-hybridized carbons (Fsp3) is 0.462. The van der Waals surface area contributed by atoms with Crippen molar-refractivity contribution in [3.05, 3.63) is 47.5 Å². The molecule has 2 saturated heterocycles. The molecule has 0 radical (unpaired) electrons. The van der Waals surface area contributed by atoms with E-state index < -0.39 is 42.7 Å². The number of hydrogen-bond acceptors (Lipinski definition) is 10. The summed E-state index contributed by atoms with van der Waals surface area (Å²) in [7, 11) is 0. The quantitative estimate of drug-likeness (QED) is 0.215. The summed E-state index contributed by atoms with van der Waals surface area (Å²) in [6.45, 7) is 0.866. The third-order valence-electron chi connectivity index (χ3n) is 7.23. The molecule has 0 amide bonds. The number of carboxylic acids is 1. The number of halogens is 1. The van der Waals surface area contributed by atoms with Crippen molar-refractivity contribution in [3.63, 3.8) is 0 Å². The fourth-order valence-electron chi connectivity index (χ4n) is 5.02. The Labute approximate surface area is 228 Å². The smallest absolute Gasteiger partial charge is 0.333 e. The van der Waals surface area contributed by atoms with E-state index in [1.165, 1.54) is 10.9 Å². The molecule has 0 spiro atoms. The normalized spacial score (nSPS) is 27.6. The van der Waals surface area contributed by atoms with Crippen LogP contribution in [0.3, 0.4) is 0 Å². The summed E-state index contributed by atoms with van der Waals surface area (Å²) in [5.41, 5.74) is -0.801. The molecule has 1 aromatic carbocycles. The molecule has 0 bridgehead atoms. The van der Waals surface area contributed by atoms with Gasteiger partial charge in [0.25, 0.3) is 0 Å². The molecule has 1 unspecified atom stereocenters. The summed E-state index contributed by atoms with van der Waals surface area (Å²) in [4.78, 5) is 26.8. The van der Waals surface area contributed by atoms with E-state index in [-0.39, 0.29) is 29.9 Å². The standard InChI is InChI=1S/C26H28ClN5O7/c1-2-26(37)18(13-38-17(24(35)36)10-15-6-4-3-5-7-15)39-23(20(26)34)32-14-28-19-21(29-25(27)30-22(19)32)31-9-8-16(11-31)12-33/h1,3-7,14,16-18,20,23,33-34,37H,8-13H2,(H,35,36)/t16-,17?,18+,20-,23+,26+/m0/s1. The van der Waals surface area contributed by atoms with Crippen LogP contribution in [0, 0.1) is 18.3 Å². The number of carbonyl (C=O) groups is 1. The summed E-state index contributed by atoms with van der Waals surface area (Å²) in [6.07, 6.45) is 2.49. The van der Waals surface area contributed by atoms with Crippen LogP contribution >= 0.6 is 11.6 Å². The first-order valence-electron chi connectivity index (χ1n) is 12.4. The number of imidazole rings is 1. The van der Waals surface area contributed by atoms with Crippen molar-refractivity contribution in [1.29, 1.82) is 0 Å². The van der Waals surface area contributed by atoms with Gasteiger partial charge in [0.2, 0.25) is 5.28 Å². The molecule has 39 heavy (non-hydrogen) atoms. The Morgan fingerprint density at radius 3 is 2.77 bits per heavy atom. The predicted octanol–water partition coefficient (Wildman–Crippen LogP) is 0.633. The number of aliphatic hydroxyl groups is 3. The maximum atomic E-state index is 11.8. The van der Waals surface area contributed by atoms with Crippen molar-refractivity contribution in [1.82, 2.24) is 19.5 Å². The van der Waals surface area contributed by atoms with Crippen LogP contribution in [-0.4, -0.2) is 96.1 Å². The van der Waals surface area contributed by atoms with Crippen LogP contribution in [0.15, 0.2) is 36.7 Å². The number of nitrogens with zero attached hydrogens (tertiary/aromatic N) is 5. The fourth-order valence-corrected chi connectivity index (χ4v) is 5.18. The molecule has 3 aromatic rings. The maximum absolute atomic E-state index is 11.8. The predicted molar refractivity (Wildman–Crippen MR) is 139 cm³/mol. The third-order valence-corrected chi connectivity index (χ3v) is 7.40. The minimum absolute atomic E-state index is 0.0528. The second-order valence-electron chi connectivity index (χ2n) is 9.70. The van der Waals surface area contributed by atoms with E-state index in [2.05, 4.69) is 20.9 Å². The van der Waals surface area contributed by atoms with Gasteiger partial charge in [-0.25, -0.2) is 9.78 Å². The lowest BCUT2D eigenvalue weighted by atomic mass is 9.93. The van der Waals surface area contributed by atoms with Crippen molar-refractivity contribution in [2.45, 2.75) is 43.0 Å². The number of aromatic nitrogens is 4. The largest absolute Gasteiger partial charge is 0.479 e. The number of aliphatic hydroxyl groups excluding tert-OH is 2. The van der Waals surface area contributed by atoms with Crippen molar-refractivity contribution in [2.24, 2.45) is 5.92 Å². The average molecular weight is 558 g/mol. The summed E-state index contributed by atoms with van der Waals surface area (Å²) in [5, 5.41) is 41.4. The first-order valence-corrected chi connectivity index (χ1v) is 12.8. The SMILES string of the molecule is C#C[C@@]1(O)[C@@H](COC(Cc2ccccc2)C(=O)O)O[C@@H](n2cnc3c(N4CC[C@H](CO)C4)nc(Cl)nc32)[C@@H]1O. The highest BCUT2D eigenvalue weighted by atomic mass is 35.5. The highest BCUT2D eigenvalue weighted by Crippen LogP contribution is 2.39. The van der Waals surface area contributed by atoms with Crippen molar-refractivity contribution >= 4 is 34.6 Å². The Kier molecular flexibility index (Phi) is 7.73. The zero-order valence-electron chi connectivity index (χ0n) is 20.8. The van der Waals surface area contributed by atoms with Crippen LogP contribution in [0.4, 0.5) is 5.82 Å². The number of aliphatic carboxylic acids is 1. The van der Waals surface area contributed by atoms with Gasteiger partial charge in [0, 0.05) is 32.0 Å². The second-order valence-corrected chi connectivity index (χ2v) is 10.0. The molecule has 0 saturated carbocycles. The molecule has 12 nitrogen and oxygen atoms in total. The Hall–Kier alpha value is -3.31. The first kappa shape index (κ1) is 27.3. The van der Waals surface area contributed by atoms with Crippen molar-refractivity contribution in [2.75, 3.05) is 31.2 Å². The number of fused-ring (bicyclic) bond motifs is 1. The highest BCUT2D eigenvalue weighted by Gasteiger charge is 2.56. The molecule has 6 atom stereocenters. The second kappa shape index (κ2) is 11.1. The lowest BCUT2D eigenvalue weighted by Gasteiger charge is -2.26. The molecule has 206 valence electrons. The van der Waals surface area contributed by atoms with Crippen LogP contribution in [-0.2, 0) is 20.7 Å². The monoisotopic (exact) mass is 557 g/mol. The minimum atomic E-state index is -2.19. The Morgan fingerprint density at radius 2 is 2.10 bits per heavy atom. The molecule has 0 aliphatic carbocycles. The summed E-state index contributed by atoms with van der Waals surface area (Å²) in [5.74, 6) is 1.57. The molecule has 13 heteroatoms. The maximum Gasteiger partial charge on any atom is 0.333 e. The van der Waals surface area contributed by atoms with E-state index in [0.717, 1.165) is 12.0 Å². The van der Waals surface area contributed by atoms with Crippen LogP contribution in [0.5, 0.6) is 0 Å². The summed E-state index contributed by atoms with van der Waals surface area (Å²) in [6, 6.07) is 8.95. The van der Waals surface area contributed by atoms with Gasteiger partial charge >= 0.3 is 5.97 Å². The zero-order chi connectivity index (χ0) is 27.7. The van der Waals surface area contributed by atoms with E-state index in [9.17, 15) is 25.2 Å². The topological polar surface area (TPSA) is 163 Å². The number of rotatable bonds is 9. The van der Waals surface area contributed by atoms with Gasteiger partial charge in [-0.15, -0.1) is 6.42 Å². The van der Waals surface area contributed by atoms with Gasteiger partial charge in [-0.1, -0.05) is 36.3 Å². The Morgan fingerprint density at radius 1 is 1.33 bits per heavy atom. The van der Waals surface area contributed by atoms with Crippen molar-refractivity contribution < 1.29 is 34.7 Å². The molecular weight excluding hydrogens is 530 g/mol. The van der Waals surface area contributed by atoms with Crippen LogP contribution in [0.25, 0.3) is 11.2 Å². The Bertz CT molecular complexity index is 1380. The molecule has 4 heterocycles. The summed E-state index contributed by atoms with van der Waals surface area (Å²) >= 11 is 6.24. The zero-order valence-corrected chi connectivity index (χ0v) is 21.6. The third kappa shape index (κ3) is 5.17. The number of carboxylic acid groups (broad SMARTS) is 1. The Balaban J connectivity index is 1.39. The van der Waals surface area contributed by atoms with E-state index in [0.29, 0.717) is 24.4 Å². The average Bonchev–Trinajstić information content (AvgIpc) is 3.64. The van der Waals surface area contributed by atoms with Gasteiger partial charge in [0.1, 0.15) is 12.2 Å². The van der Waals surface area contributed by atoms with Gasteiger partial charge in [0.15, 0.2) is 34.9 Å². The van der Waals surface area contributed by atoms with E-state index in [1.54, 1.807) is 24.3 Å². The molecule has 4 N–H and O–H groups in total. The molecule has 5 rings (SSSR count). The number of anilines is 1. The van der Waals surface area contributed by atoms with Crippen LogP contribution in [0.1, 0.15) is 18.2 Å². The minimum Gasteiger partial charge on any atom is -0.479 e. The number of benzene rings is 1. The molecule has 2 fully saturated rings. The van der Waals surface area contributed by atoms with Gasteiger partial charge in [-0.3, -0.25) is 4.57 Å². The van der Waals surface area contributed by atoms with Crippen molar-refractivity contribution in [3.8, 4) is 12.3 Å². The van der Waals surface area contributed by atoms with Crippen LogP contribution < -0.4 is 4.90 Å². The lowest BCUT2D eigenvalue weighted by molar-refractivity contribution is -0.156. The van der Waals surface area contributed by atoms with E-state index in [4.69, 9.17) is 27.5 Å². The summed E-state index contributed by atoms with van der Waals surface area (Å²) < 4.78 is 13.0. The van der Waals surface area contributed by atoms with E-state index >= 15 is 0 Å². The molecule has 2 aromatic heterocycles. The highest BCUT2D eigenvalue weighted by molar-refractivity contribution is 6.28. The molecule has 2 aliphatic heterocycles. The van der Waals surface area contributed by atoms with Gasteiger partial charge in [0.05, 0.1) is 12.9 Å². The number of ether oxygens (including phenoxy) is 2. The number of hydrogen-bond donors (Lipinski definition) is 4. The molecule has 2 aliphatic rings.